The number of rotatable bonds is 1. The third-order valence-electron chi connectivity index (χ3n) is 2.91. The molecule has 1 aliphatic rings. The van der Waals surface area contributed by atoms with Crippen LogP contribution in [-0.2, 0) is 5.72 Å². The molecule has 1 atom stereocenters. The van der Waals surface area contributed by atoms with E-state index in [2.05, 4.69) is 15.3 Å². The van der Waals surface area contributed by atoms with Gasteiger partial charge in [0.05, 0.1) is 10.6 Å². The summed E-state index contributed by atoms with van der Waals surface area (Å²) in [6.07, 6.45) is 5.85. The van der Waals surface area contributed by atoms with E-state index < -0.39 is 5.72 Å². The highest BCUT2D eigenvalue weighted by molar-refractivity contribution is 6.31. The highest BCUT2D eigenvalue weighted by Gasteiger charge is 2.44. The van der Waals surface area contributed by atoms with Crippen LogP contribution < -0.4 is 5.32 Å². The average molecular weight is 262 g/mol. The first kappa shape index (κ1) is 11.1. The number of nitrogens with zero attached hydrogens (tertiary/aromatic N) is 2. The van der Waals surface area contributed by atoms with Gasteiger partial charge < -0.3 is 10.4 Å². The number of hydrogen-bond donors (Lipinski definition) is 2. The van der Waals surface area contributed by atoms with E-state index in [-0.39, 0.29) is 10.9 Å². The summed E-state index contributed by atoms with van der Waals surface area (Å²) in [4.78, 5) is 19.5. The molecule has 0 saturated heterocycles. The second kappa shape index (κ2) is 3.76. The summed E-state index contributed by atoms with van der Waals surface area (Å²) in [7, 11) is 0. The van der Waals surface area contributed by atoms with Crippen LogP contribution in [0.25, 0.3) is 0 Å². The largest absolute Gasteiger partial charge is 0.363 e. The van der Waals surface area contributed by atoms with E-state index in [1.165, 1.54) is 24.8 Å². The van der Waals surface area contributed by atoms with Crippen molar-refractivity contribution in [3.63, 3.8) is 0 Å². The topological polar surface area (TPSA) is 75.1 Å². The Bertz CT molecular complexity index is 647. The van der Waals surface area contributed by atoms with Crippen LogP contribution in [0.5, 0.6) is 0 Å². The fourth-order valence-corrected chi connectivity index (χ4v) is 2.33. The Labute approximate surface area is 107 Å². The number of aromatic nitrogens is 2. The van der Waals surface area contributed by atoms with E-state index in [1.54, 1.807) is 12.1 Å². The third-order valence-corrected chi connectivity index (χ3v) is 3.21. The maximum Gasteiger partial charge on any atom is 0.256 e. The van der Waals surface area contributed by atoms with E-state index in [1.807, 2.05) is 0 Å². The molecule has 0 spiro atoms. The van der Waals surface area contributed by atoms with Crippen LogP contribution in [-0.4, -0.2) is 21.0 Å². The van der Waals surface area contributed by atoms with Crippen LogP contribution in [0.4, 0.5) is 0 Å². The molecule has 0 aliphatic carbocycles. The lowest BCUT2D eigenvalue weighted by Gasteiger charge is -2.24. The SMILES string of the molecule is O=C1NC(O)(c2ccncc2Cl)c2ccncc21. The van der Waals surface area contributed by atoms with Crippen molar-refractivity contribution in [1.82, 2.24) is 15.3 Å². The number of pyridine rings is 2. The molecule has 1 aliphatic heterocycles. The molecule has 3 rings (SSSR count). The molecule has 6 heteroatoms. The molecule has 0 aromatic carbocycles. The van der Waals surface area contributed by atoms with Crippen LogP contribution in [0.15, 0.2) is 36.9 Å². The Hall–Kier alpha value is -1.98. The Morgan fingerprint density at radius 3 is 2.56 bits per heavy atom. The van der Waals surface area contributed by atoms with Gasteiger partial charge in [-0.25, -0.2) is 0 Å². The number of carbonyl (C=O) groups is 1. The number of fused-ring (bicyclic) bond motifs is 1. The Kier molecular flexibility index (Phi) is 2.33. The number of aliphatic hydroxyl groups is 1. The van der Waals surface area contributed by atoms with Gasteiger partial charge in [0.1, 0.15) is 0 Å². The van der Waals surface area contributed by atoms with Gasteiger partial charge in [0.2, 0.25) is 0 Å². The molecule has 2 aromatic rings. The van der Waals surface area contributed by atoms with E-state index in [0.29, 0.717) is 16.7 Å². The first-order chi connectivity index (χ1) is 8.63. The summed E-state index contributed by atoms with van der Waals surface area (Å²) < 4.78 is 0. The van der Waals surface area contributed by atoms with Crippen LogP contribution >= 0.6 is 11.6 Å². The Balaban J connectivity index is 2.25. The molecule has 0 fully saturated rings. The van der Waals surface area contributed by atoms with Crippen molar-refractivity contribution in [2.24, 2.45) is 0 Å². The monoisotopic (exact) mass is 261 g/mol. The molecule has 5 nitrogen and oxygen atoms in total. The summed E-state index contributed by atoms with van der Waals surface area (Å²) in [6.45, 7) is 0. The zero-order chi connectivity index (χ0) is 12.8. The molecule has 2 N–H and O–H groups in total. The number of carbonyl (C=O) groups excluding carboxylic acids is 1. The van der Waals surface area contributed by atoms with Gasteiger partial charge >= 0.3 is 0 Å². The first-order valence-corrected chi connectivity index (χ1v) is 5.60. The van der Waals surface area contributed by atoms with Crippen molar-refractivity contribution >= 4 is 17.5 Å². The van der Waals surface area contributed by atoms with E-state index in [0.717, 1.165) is 0 Å². The van der Waals surface area contributed by atoms with Crippen LogP contribution in [0.3, 0.4) is 0 Å². The number of amides is 1. The lowest BCUT2D eigenvalue weighted by Crippen LogP contribution is -2.40. The van der Waals surface area contributed by atoms with Crippen molar-refractivity contribution < 1.29 is 9.90 Å². The van der Waals surface area contributed by atoms with Gasteiger partial charge in [-0.15, -0.1) is 0 Å². The van der Waals surface area contributed by atoms with E-state index >= 15 is 0 Å². The quantitative estimate of drug-likeness (QED) is 0.805. The second-order valence-electron chi connectivity index (χ2n) is 3.94. The van der Waals surface area contributed by atoms with Gasteiger partial charge in [-0.05, 0) is 12.1 Å². The minimum atomic E-state index is -1.63. The molecule has 2 aromatic heterocycles. The maximum absolute atomic E-state index is 11.8. The zero-order valence-electron chi connectivity index (χ0n) is 9.09. The highest BCUT2D eigenvalue weighted by atomic mass is 35.5. The molecule has 0 radical (unpaired) electrons. The zero-order valence-corrected chi connectivity index (χ0v) is 9.85. The van der Waals surface area contributed by atoms with Gasteiger partial charge in [0.25, 0.3) is 5.91 Å². The predicted molar refractivity (Wildman–Crippen MR) is 63.9 cm³/mol. The normalized spacial score (nSPS) is 21.6. The summed E-state index contributed by atoms with van der Waals surface area (Å²) in [5.74, 6) is -0.381. The summed E-state index contributed by atoms with van der Waals surface area (Å²) >= 11 is 6.02. The van der Waals surface area contributed by atoms with Crippen molar-refractivity contribution in [2.45, 2.75) is 5.72 Å². The van der Waals surface area contributed by atoms with Gasteiger partial charge in [0, 0.05) is 35.9 Å². The average Bonchev–Trinajstić information content (AvgIpc) is 2.64. The van der Waals surface area contributed by atoms with Gasteiger partial charge in [-0.3, -0.25) is 14.8 Å². The van der Waals surface area contributed by atoms with Gasteiger partial charge in [-0.1, -0.05) is 11.6 Å². The molecular formula is C12H8ClN3O2. The Morgan fingerprint density at radius 1 is 1.17 bits per heavy atom. The molecule has 3 heterocycles. The molecule has 0 bridgehead atoms. The van der Waals surface area contributed by atoms with Crippen molar-refractivity contribution in [3.05, 3.63) is 58.6 Å². The van der Waals surface area contributed by atoms with Gasteiger partial charge in [0.15, 0.2) is 5.72 Å². The van der Waals surface area contributed by atoms with Crippen LogP contribution in [0, 0.1) is 0 Å². The predicted octanol–water partition coefficient (Wildman–Crippen LogP) is 1.07. The van der Waals surface area contributed by atoms with Crippen LogP contribution in [0.2, 0.25) is 5.02 Å². The van der Waals surface area contributed by atoms with Crippen molar-refractivity contribution in [3.8, 4) is 0 Å². The van der Waals surface area contributed by atoms with E-state index in [4.69, 9.17) is 11.6 Å². The lowest BCUT2D eigenvalue weighted by molar-refractivity contribution is 0.0476. The second-order valence-corrected chi connectivity index (χ2v) is 4.35. The first-order valence-electron chi connectivity index (χ1n) is 5.22. The third kappa shape index (κ3) is 1.41. The molecule has 1 amide bonds. The lowest BCUT2D eigenvalue weighted by atomic mass is 9.96. The number of halogens is 1. The minimum absolute atomic E-state index is 0.282. The van der Waals surface area contributed by atoms with Crippen molar-refractivity contribution in [2.75, 3.05) is 0 Å². The highest BCUT2D eigenvalue weighted by Crippen LogP contribution is 2.37. The fourth-order valence-electron chi connectivity index (χ4n) is 2.07. The number of nitrogens with one attached hydrogen (secondary N) is 1. The molecule has 0 saturated carbocycles. The maximum atomic E-state index is 11.8. The van der Waals surface area contributed by atoms with Gasteiger partial charge in [-0.2, -0.15) is 0 Å². The minimum Gasteiger partial charge on any atom is -0.363 e. The summed E-state index contributed by atoms with van der Waals surface area (Å²) in [6, 6.07) is 3.15. The Morgan fingerprint density at radius 2 is 1.83 bits per heavy atom. The van der Waals surface area contributed by atoms with E-state index in [9.17, 15) is 9.90 Å². The fraction of sp³-hybridized carbons (Fsp3) is 0.0833. The smallest absolute Gasteiger partial charge is 0.256 e. The van der Waals surface area contributed by atoms with Crippen LogP contribution in [0.1, 0.15) is 21.5 Å². The molecule has 18 heavy (non-hydrogen) atoms. The van der Waals surface area contributed by atoms with Crippen molar-refractivity contribution in [1.29, 1.82) is 0 Å². The molecule has 1 unspecified atom stereocenters. The molecular weight excluding hydrogens is 254 g/mol. The summed E-state index contributed by atoms with van der Waals surface area (Å²) in [5, 5.41) is 13.5. The standard InChI is InChI=1S/C12H8ClN3O2/c13-10-6-15-4-2-9(10)12(18)8-1-3-14-5-7(8)11(17)16-12/h1-6,18H,(H,16,17). The number of hydrogen-bond acceptors (Lipinski definition) is 4. The summed E-state index contributed by atoms with van der Waals surface area (Å²) in [5.41, 5.74) is -0.462. The molecule has 90 valence electrons.